The molecule has 1 saturated heterocycles. The lowest BCUT2D eigenvalue weighted by Crippen LogP contribution is -2.20. The van der Waals surface area contributed by atoms with Gasteiger partial charge in [0.2, 0.25) is 0 Å². The first kappa shape index (κ1) is 11.1. The molecule has 0 aromatic carbocycles. The monoisotopic (exact) mass is 223 g/mol. The molecule has 1 aromatic heterocycles. The maximum absolute atomic E-state index is 10.8. The number of carboxylic acids is 1. The minimum Gasteiger partial charge on any atom is -0.476 e. The van der Waals surface area contributed by atoms with Crippen LogP contribution in [0.25, 0.3) is 0 Å². The number of hydrogen-bond acceptors (Lipinski definition) is 3. The van der Waals surface area contributed by atoms with Crippen LogP contribution in [0.1, 0.15) is 35.9 Å². The molecule has 1 aliphatic heterocycles. The van der Waals surface area contributed by atoms with E-state index in [2.05, 4.69) is 10.00 Å². The summed E-state index contributed by atoms with van der Waals surface area (Å²) in [5.41, 5.74) is 1.15. The van der Waals surface area contributed by atoms with Gasteiger partial charge in [0.15, 0.2) is 5.69 Å². The van der Waals surface area contributed by atoms with Crippen LogP contribution >= 0.6 is 0 Å². The van der Waals surface area contributed by atoms with Crippen molar-refractivity contribution in [2.75, 3.05) is 13.1 Å². The third kappa shape index (κ3) is 2.24. The van der Waals surface area contributed by atoms with Gasteiger partial charge in [-0.25, -0.2) is 4.79 Å². The predicted octanol–water partition coefficient (Wildman–Crippen LogP) is 1.20. The standard InChI is InChI=1S/C11H17N3O2/c1-2-14-9(7-10(12-14)11(15)16)8-13-5-3-4-6-13/h7H,2-6,8H2,1H3,(H,15,16). The van der Waals surface area contributed by atoms with Crippen molar-refractivity contribution in [2.24, 2.45) is 0 Å². The number of carboxylic acid groups (broad SMARTS) is 1. The molecule has 0 bridgehead atoms. The number of rotatable bonds is 4. The van der Waals surface area contributed by atoms with Crippen LogP contribution in [0.3, 0.4) is 0 Å². The molecule has 5 nitrogen and oxygen atoms in total. The van der Waals surface area contributed by atoms with E-state index >= 15 is 0 Å². The fourth-order valence-electron chi connectivity index (χ4n) is 2.13. The van der Waals surface area contributed by atoms with Crippen molar-refractivity contribution in [3.05, 3.63) is 17.5 Å². The van der Waals surface area contributed by atoms with Crippen LogP contribution in [-0.2, 0) is 13.1 Å². The topological polar surface area (TPSA) is 58.4 Å². The number of nitrogens with zero attached hydrogens (tertiary/aromatic N) is 3. The third-order valence-electron chi connectivity index (χ3n) is 2.97. The summed E-state index contributed by atoms with van der Waals surface area (Å²) >= 11 is 0. The Kier molecular flexibility index (Phi) is 3.24. The first-order chi connectivity index (χ1) is 7.70. The Hall–Kier alpha value is -1.36. The highest BCUT2D eigenvalue weighted by Crippen LogP contribution is 2.13. The fraction of sp³-hybridized carbons (Fsp3) is 0.636. The second-order valence-electron chi connectivity index (χ2n) is 4.13. The van der Waals surface area contributed by atoms with Gasteiger partial charge in [0, 0.05) is 13.1 Å². The molecule has 5 heteroatoms. The van der Waals surface area contributed by atoms with Crippen molar-refractivity contribution in [1.82, 2.24) is 14.7 Å². The largest absolute Gasteiger partial charge is 0.476 e. The number of aryl methyl sites for hydroxylation is 1. The van der Waals surface area contributed by atoms with Gasteiger partial charge in [-0.2, -0.15) is 5.10 Å². The Morgan fingerprint density at radius 2 is 2.19 bits per heavy atom. The summed E-state index contributed by atoms with van der Waals surface area (Å²) in [6, 6.07) is 1.68. The van der Waals surface area contributed by atoms with E-state index in [-0.39, 0.29) is 5.69 Å². The van der Waals surface area contributed by atoms with Gasteiger partial charge in [-0.1, -0.05) is 0 Å². The van der Waals surface area contributed by atoms with Crippen LogP contribution in [0.15, 0.2) is 6.07 Å². The van der Waals surface area contributed by atoms with Gasteiger partial charge in [-0.15, -0.1) is 0 Å². The van der Waals surface area contributed by atoms with E-state index in [1.807, 2.05) is 6.92 Å². The van der Waals surface area contributed by atoms with Crippen LogP contribution in [0.5, 0.6) is 0 Å². The van der Waals surface area contributed by atoms with Crippen molar-refractivity contribution >= 4 is 5.97 Å². The number of aromatic nitrogens is 2. The molecular weight excluding hydrogens is 206 g/mol. The predicted molar refractivity (Wildman–Crippen MR) is 59.4 cm³/mol. The summed E-state index contributed by atoms with van der Waals surface area (Å²) in [7, 11) is 0. The van der Waals surface area contributed by atoms with Crippen molar-refractivity contribution in [3.8, 4) is 0 Å². The third-order valence-corrected chi connectivity index (χ3v) is 2.97. The molecule has 1 aliphatic rings. The first-order valence-electron chi connectivity index (χ1n) is 5.73. The maximum Gasteiger partial charge on any atom is 0.356 e. The van der Waals surface area contributed by atoms with Crippen LogP contribution < -0.4 is 0 Å². The summed E-state index contributed by atoms with van der Waals surface area (Å²) in [6.07, 6.45) is 2.48. The zero-order chi connectivity index (χ0) is 11.5. The first-order valence-corrected chi connectivity index (χ1v) is 5.73. The molecule has 1 aromatic rings. The minimum atomic E-state index is -0.949. The molecule has 2 heterocycles. The summed E-state index contributed by atoms with van der Waals surface area (Å²) in [4.78, 5) is 13.2. The Labute approximate surface area is 94.7 Å². The Morgan fingerprint density at radius 3 is 2.75 bits per heavy atom. The lowest BCUT2D eigenvalue weighted by molar-refractivity contribution is 0.0689. The summed E-state index contributed by atoms with van der Waals surface area (Å²) < 4.78 is 1.78. The van der Waals surface area contributed by atoms with Crippen LogP contribution in [0.4, 0.5) is 0 Å². The molecule has 0 atom stereocenters. The van der Waals surface area contributed by atoms with E-state index in [0.717, 1.165) is 31.9 Å². The average Bonchev–Trinajstić information content (AvgIpc) is 2.87. The van der Waals surface area contributed by atoms with Gasteiger partial charge in [0.1, 0.15) is 0 Å². The molecule has 2 rings (SSSR count). The Morgan fingerprint density at radius 1 is 1.50 bits per heavy atom. The highest BCUT2D eigenvalue weighted by atomic mass is 16.4. The van der Waals surface area contributed by atoms with E-state index in [0.29, 0.717) is 0 Å². The zero-order valence-corrected chi connectivity index (χ0v) is 9.52. The van der Waals surface area contributed by atoms with Crippen molar-refractivity contribution in [3.63, 3.8) is 0 Å². The van der Waals surface area contributed by atoms with Gasteiger partial charge in [-0.05, 0) is 38.9 Å². The second kappa shape index (κ2) is 4.65. The van der Waals surface area contributed by atoms with E-state index < -0.39 is 5.97 Å². The SMILES string of the molecule is CCn1nc(C(=O)O)cc1CN1CCCC1. The summed E-state index contributed by atoms with van der Waals surface area (Å²) in [5.74, 6) is -0.949. The van der Waals surface area contributed by atoms with Gasteiger partial charge in [-0.3, -0.25) is 9.58 Å². The van der Waals surface area contributed by atoms with Crippen LogP contribution in [-0.4, -0.2) is 38.8 Å². The van der Waals surface area contributed by atoms with Crippen molar-refractivity contribution in [2.45, 2.75) is 32.9 Å². The number of likely N-dealkylation sites (tertiary alicyclic amines) is 1. The number of carbonyl (C=O) groups is 1. The van der Waals surface area contributed by atoms with Crippen molar-refractivity contribution < 1.29 is 9.90 Å². The maximum atomic E-state index is 10.8. The summed E-state index contributed by atoms with van der Waals surface area (Å²) in [6.45, 7) is 5.73. The molecule has 1 N–H and O–H groups in total. The second-order valence-corrected chi connectivity index (χ2v) is 4.13. The zero-order valence-electron chi connectivity index (χ0n) is 9.52. The van der Waals surface area contributed by atoms with Crippen LogP contribution in [0, 0.1) is 0 Å². The van der Waals surface area contributed by atoms with Gasteiger partial charge < -0.3 is 5.11 Å². The quantitative estimate of drug-likeness (QED) is 0.833. The highest BCUT2D eigenvalue weighted by Gasteiger charge is 2.17. The molecule has 0 spiro atoms. The Bertz CT molecular complexity index is 381. The van der Waals surface area contributed by atoms with E-state index in [1.54, 1.807) is 10.7 Å². The molecule has 0 unspecified atom stereocenters. The molecule has 16 heavy (non-hydrogen) atoms. The number of aromatic carboxylic acids is 1. The molecular formula is C11H17N3O2. The minimum absolute atomic E-state index is 0.149. The van der Waals surface area contributed by atoms with Gasteiger partial charge >= 0.3 is 5.97 Å². The lowest BCUT2D eigenvalue weighted by Gasteiger charge is -2.14. The molecule has 0 radical (unpaired) electrons. The highest BCUT2D eigenvalue weighted by molar-refractivity contribution is 5.85. The van der Waals surface area contributed by atoms with E-state index in [4.69, 9.17) is 5.11 Å². The smallest absolute Gasteiger partial charge is 0.356 e. The lowest BCUT2D eigenvalue weighted by atomic mass is 10.3. The summed E-state index contributed by atoms with van der Waals surface area (Å²) in [5, 5.41) is 13.0. The van der Waals surface area contributed by atoms with Crippen molar-refractivity contribution in [1.29, 1.82) is 0 Å². The van der Waals surface area contributed by atoms with E-state index in [9.17, 15) is 4.79 Å². The van der Waals surface area contributed by atoms with E-state index in [1.165, 1.54) is 12.8 Å². The molecule has 1 fully saturated rings. The van der Waals surface area contributed by atoms with Gasteiger partial charge in [0.25, 0.3) is 0 Å². The Balaban J connectivity index is 2.14. The molecule has 0 amide bonds. The van der Waals surface area contributed by atoms with Crippen LogP contribution in [0.2, 0.25) is 0 Å². The average molecular weight is 223 g/mol. The number of hydrogen-bond donors (Lipinski definition) is 1. The molecule has 0 saturated carbocycles. The van der Waals surface area contributed by atoms with Gasteiger partial charge in [0.05, 0.1) is 5.69 Å². The molecule has 88 valence electrons. The normalized spacial score (nSPS) is 16.8. The molecule has 0 aliphatic carbocycles. The fourth-order valence-corrected chi connectivity index (χ4v) is 2.13.